The molecule has 0 radical (unpaired) electrons. The minimum atomic E-state index is -0.517. The number of hydrogen-bond donors (Lipinski definition) is 2. The summed E-state index contributed by atoms with van der Waals surface area (Å²) in [6.07, 6.45) is 2.61. The predicted octanol–water partition coefficient (Wildman–Crippen LogP) is 1.61. The van der Waals surface area contributed by atoms with Crippen LogP contribution in [0.3, 0.4) is 0 Å². The fourth-order valence-corrected chi connectivity index (χ4v) is 1.88. The number of carbonyl (C=O) groups is 1. The summed E-state index contributed by atoms with van der Waals surface area (Å²) in [4.78, 5) is 11.8. The van der Waals surface area contributed by atoms with Crippen molar-refractivity contribution in [3.05, 3.63) is 24.3 Å². The fraction of sp³-hybridized carbons (Fsp3) is 0.385. The first kappa shape index (κ1) is 15.3. The highest BCUT2D eigenvalue weighted by Gasteiger charge is 2.13. The quantitative estimate of drug-likeness (QED) is 0.791. The first-order valence-electron chi connectivity index (χ1n) is 5.82. The van der Waals surface area contributed by atoms with Gasteiger partial charge in [-0.3, -0.25) is 4.79 Å². The second kappa shape index (κ2) is 8.40. The van der Waals surface area contributed by atoms with Crippen LogP contribution < -0.4 is 15.8 Å². The third-order valence-electron chi connectivity index (χ3n) is 2.37. The predicted molar refractivity (Wildman–Crippen MR) is 77.2 cm³/mol. The molecule has 1 rings (SSSR count). The van der Waals surface area contributed by atoms with Gasteiger partial charge in [0.05, 0.1) is 6.04 Å². The Morgan fingerprint density at radius 3 is 3.11 bits per heavy atom. The van der Waals surface area contributed by atoms with E-state index in [9.17, 15) is 4.79 Å². The maximum absolute atomic E-state index is 11.8. The Bertz CT molecular complexity index is 459. The van der Waals surface area contributed by atoms with Gasteiger partial charge >= 0.3 is 0 Å². The maximum atomic E-state index is 11.8. The second-order valence-electron chi connectivity index (χ2n) is 3.85. The van der Waals surface area contributed by atoms with E-state index in [2.05, 4.69) is 5.32 Å². The molecule has 0 bridgehead atoms. The highest BCUT2D eigenvalue weighted by atomic mass is 32.2. The Hall–Kier alpha value is -1.71. The van der Waals surface area contributed by atoms with Crippen molar-refractivity contribution in [2.45, 2.75) is 12.5 Å². The van der Waals surface area contributed by atoms with E-state index in [-0.39, 0.29) is 12.5 Å². The van der Waals surface area contributed by atoms with Crippen LogP contribution in [-0.2, 0) is 4.79 Å². The summed E-state index contributed by atoms with van der Waals surface area (Å²) in [6.45, 7) is -0.0232. The summed E-state index contributed by atoms with van der Waals surface area (Å²) < 4.78 is 5.16. The Morgan fingerprint density at radius 2 is 2.42 bits per heavy atom. The zero-order valence-electron chi connectivity index (χ0n) is 10.8. The molecule has 0 aromatic heterocycles. The van der Waals surface area contributed by atoms with Gasteiger partial charge in [-0.2, -0.15) is 17.0 Å². The molecule has 1 amide bonds. The van der Waals surface area contributed by atoms with Crippen molar-refractivity contribution in [1.29, 1.82) is 5.26 Å². The van der Waals surface area contributed by atoms with Crippen molar-refractivity contribution >= 4 is 23.4 Å². The molecular weight excluding hydrogens is 262 g/mol. The summed E-state index contributed by atoms with van der Waals surface area (Å²) in [5.41, 5.74) is 6.38. The van der Waals surface area contributed by atoms with Crippen molar-refractivity contribution in [3.63, 3.8) is 0 Å². The molecular formula is C13H17N3O2S. The average Bonchev–Trinajstić information content (AvgIpc) is 2.42. The van der Waals surface area contributed by atoms with Gasteiger partial charge in [-0.25, -0.2) is 0 Å². The lowest BCUT2D eigenvalue weighted by molar-refractivity contribution is -0.117. The van der Waals surface area contributed by atoms with Gasteiger partial charge in [0.1, 0.15) is 11.8 Å². The Morgan fingerprint density at radius 1 is 1.63 bits per heavy atom. The van der Waals surface area contributed by atoms with Gasteiger partial charge in [-0.15, -0.1) is 0 Å². The largest absolute Gasteiger partial charge is 0.479 e. The number of benzene rings is 1. The van der Waals surface area contributed by atoms with Gasteiger partial charge in [-0.1, -0.05) is 6.07 Å². The topological polar surface area (TPSA) is 88.1 Å². The van der Waals surface area contributed by atoms with Crippen LogP contribution in [-0.4, -0.2) is 30.6 Å². The summed E-state index contributed by atoms with van der Waals surface area (Å²) in [7, 11) is 0. The Balaban J connectivity index is 2.56. The molecule has 0 saturated carbocycles. The molecule has 0 unspecified atom stereocenters. The maximum Gasteiger partial charge on any atom is 0.241 e. The van der Waals surface area contributed by atoms with E-state index in [1.165, 1.54) is 0 Å². The zero-order chi connectivity index (χ0) is 14.1. The van der Waals surface area contributed by atoms with E-state index in [1.807, 2.05) is 12.3 Å². The van der Waals surface area contributed by atoms with E-state index in [0.29, 0.717) is 17.9 Å². The zero-order valence-corrected chi connectivity index (χ0v) is 11.6. The van der Waals surface area contributed by atoms with E-state index < -0.39 is 6.04 Å². The number of rotatable bonds is 7. The first-order chi connectivity index (χ1) is 9.17. The molecule has 0 aliphatic heterocycles. The highest BCUT2D eigenvalue weighted by Crippen LogP contribution is 2.17. The van der Waals surface area contributed by atoms with Crippen LogP contribution in [0.5, 0.6) is 5.75 Å². The lowest BCUT2D eigenvalue weighted by atomic mass is 10.2. The molecule has 1 aromatic rings. The van der Waals surface area contributed by atoms with E-state index >= 15 is 0 Å². The molecule has 6 heteroatoms. The molecule has 1 aromatic carbocycles. The number of amides is 1. The van der Waals surface area contributed by atoms with Gasteiger partial charge in [0.2, 0.25) is 5.91 Å². The van der Waals surface area contributed by atoms with Crippen LogP contribution in [0.25, 0.3) is 0 Å². The lowest BCUT2D eigenvalue weighted by Gasteiger charge is -2.12. The molecule has 0 aliphatic carbocycles. The number of hydrogen-bond acceptors (Lipinski definition) is 5. The third-order valence-corrected chi connectivity index (χ3v) is 3.02. The number of thioether (sulfide) groups is 1. The normalized spacial score (nSPS) is 11.4. The Labute approximate surface area is 117 Å². The van der Waals surface area contributed by atoms with Gasteiger partial charge in [0.25, 0.3) is 0 Å². The highest BCUT2D eigenvalue weighted by molar-refractivity contribution is 7.98. The molecule has 1 atom stereocenters. The van der Waals surface area contributed by atoms with Gasteiger partial charge < -0.3 is 15.8 Å². The summed E-state index contributed by atoms with van der Waals surface area (Å²) in [5.74, 6) is 1.17. The van der Waals surface area contributed by atoms with Crippen molar-refractivity contribution in [1.82, 2.24) is 0 Å². The number of nitrogens with zero attached hydrogens (tertiary/aromatic N) is 1. The number of ether oxygens (including phenoxy) is 1. The molecule has 5 nitrogen and oxygen atoms in total. The molecule has 102 valence electrons. The van der Waals surface area contributed by atoms with E-state index in [4.69, 9.17) is 15.7 Å². The number of nitriles is 1. The van der Waals surface area contributed by atoms with E-state index in [1.54, 1.807) is 36.0 Å². The van der Waals surface area contributed by atoms with Crippen LogP contribution in [0.4, 0.5) is 5.69 Å². The molecule has 0 spiro atoms. The summed E-state index contributed by atoms with van der Waals surface area (Å²) in [5, 5.41) is 11.2. The monoisotopic (exact) mass is 279 g/mol. The summed E-state index contributed by atoms with van der Waals surface area (Å²) >= 11 is 1.65. The summed E-state index contributed by atoms with van der Waals surface area (Å²) in [6, 6.07) is 8.25. The second-order valence-corrected chi connectivity index (χ2v) is 4.84. The van der Waals surface area contributed by atoms with Crippen molar-refractivity contribution in [2.24, 2.45) is 5.73 Å². The van der Waals surface area contributed by atoms with Crippen LogP contribution in [0, 0.1) is 11.3 Å². The first-order valence-corrected chi connectivity index (χ1v) is 7.22. The van der Waals surface area contributed by atoms with Crippen molar-refractivity contribution < 1.29 is 9.53 Å². The SMILES string of the molecule is CSCC[C@H](N)C(=O)Nc1cccc(OCC#N)c1. The minimum Gasteiger partial charge on any atom is -0.479 e. The molecule has 0 aliphatic rings. The van der Waals surface area contributed by atoms with E-state index in [0.717, 1.165) is 5.75 Å². The number of anilines is 1. The van der Waals surface area contributed by atoms with Crippen molar-refractivity contribution in [3.8, 4) is 11.8 Å². The molecule has 3 N–H and O–H groups in total. The average molecular weight is 279 g/mol. The molecule has 0 fully saturated rings. The van der Waals surface area contributed by atoms with Crippen molar-refractivity contribution in [2.75, 3.05) is 23.9 Å². The smallest absolute Gasteiger partial charge is 0.241 e. The van der Waals surface area contributed by atoms with Crippen LogP contribution in [0.15, 0.2) is 24.3 Å². The molecule has 0 heterocycles. The standard InChI is InChI=1S/C13H17N3O2S/c1-19-8-5-12(15)13(17)16-10-3-2-4-11(9-10)18-7-6-14/h2-4,9,12H,5,7-8,15H2,1H3,(H,16,17)/t12-/m0/s1. The molecule has 0 saturated heterocycles. The molecule has 19 heavy (non-hydrogen) atoms. The van der Waals surface area contributed by atoms with Crippen LogP contribution in [0.2, 0.25) is 0 Å². The number of carbonyl (C=O) groups excluding carboxylic acids is 1. The minimum absolute atomic E-state index is 0.0232. The van der Waals surface area contributed by atoms with Gasteiger partial charge in [-0.05, 0) is 30.6 Å². The third kappa shape index (κ3) is 5.64. The van der Waals surface area contributed by atoms with Gasteiger partial charge in [0.15, 0.2) is 6.61 Å². The number of nitrogens with two attached hydrogens (primary N) is 1. The Kier molecular flexibility index (Phi) is 6.79. The van der Waals surface area contributed by atoms with Crippen LogP contribution in [0.1, 0.15) is 6.42 Å². The van der Waals surface area contributed by atoms with Gasteiger partial charge in [0, 0.05) is 11.8 Å². The number of nitrogens with one attached hydrogen (secondary N) is 1. The van der Waals surface area contributed by atoms with Crippen LogP contribution >= 0.6 is 11.8 Å². The lowest BCUT2D eigenvalue weighted by Crippen LogP contribution is -2.36. The fourth-order valence-electron chi connectivity index (χ4n) is 1.39.